The molecule has 0 aromatic heterocycles. The van der Waals surface area contributed by atoms with Gasteiger partial charge in [0.1, 0.15) is 0 Å². The number of hydrogen-bond acceptors (Lipinski definition) is 3. The predicted octanol–water partition coefficient (Wildman–Crippen LogP) is 2.59. The lowest BCUT2D eigenvalue weighted by Gasteiger charge is -2.23. The van der Waals surface area contributed by atoms with Crippen LogP contribution in [0.1, 0.15) is 38.8 Å². The van der Waals surface area contributed by atoms with Crippen molar-refractivity contribution in [3.05, 3.63) is 29.8 Å². The minimum absolute atomic E-state index is 0.0521. The topological polar surface area (TPSA) is 64.6 Å². The summed E-state index contributed by atoms with van der Waals surface area (Å²) in [5, 5.41) is 15.3. The number of benzene rings is 1. The monoisotopic (exact) mass is 293 g/mol. The molecule has 0 aliphatic heterocycles. The number of hydrogen-bond donors (Lipinski definition) is 3. The second-order valence-electron chi connectivity index (χ2n) is 5.37. The van der Waals surface area contributed by atoms with Gasteiger partial charge in [-0.1, -0.05) is 19.1 Å². The van der Waals surface area contributed by atoms with Crippen LogP contribution in [-0.2, 0) is 0 Å². The molecule has 0 saturated carbocycles. The summed E-state index contributed by atoms with van der Waals surface area (Å²) in [4.78, 5) is 13.4. The SMILES string of the molecule is CCCNC(C)c1ccc(NC(=O)N(C)C(C)CO)cc1. The fraction of sp³-hybridized carbons (Fsp3) is 0.562. The molecule has 2 unspecified atom stereocenters. The molecule has 0 spiro atoms. The van der Waals surface area contributed by atoms with Crippen molar-refractivity contribution < 1.29 is 9.90 Å². The van der Waals surface area contributed by atoms with Crippen LogP contribution in [0.2, 0.25) is 0 Å². The number of anilines is 1. The largest absolute Gasteiger partial charge is 0.394 e. The van der Waals surface area contributed by atoms with E-state index in [2.05, 4.69) is 24.5 Å². The zero-order valence-corrected chi connectivity index (χ0v) is 13.4. The van der Waals surface area contributed by atoms with Crippen LogP contribution in [0.15, 0.2) is 24.3 Å². The molecule has 0 saturated heterocycles. The molecule has 0 bridgehead atoms. The summed E-state index contributed by atoms with van der Waals surface area (Å²) in [7, 11) is 1.67. The molecule has 1 rings (SSSR count). The average Bonchev–Trinajstić information content (AvgIpc) is 2.51. The van der Waals surface area contributed by atoms with Crippen LogP contribution in [0.3, 0.4) is 0 Å². The fourth-order valence-corrected chi connectivity index (χ4v) is 1.87. The van der Waals surface area contributed by atoms with Crippen molar-refractivity contribution in [2.75, 3.05) is 25.5 Å². The Hall–Kier alpha value is -1.59. The molecule has 5 heteroatoms. The molecular weight excluding hydrogens is 266 g/mol. The molecule has 0 fully saturated rings. The van der Waals surface area contributed by atoms with Gasteiger partial charge in [0.05, 0.1) is 12.6 Å². The van der Waals surface area contributed by atoms with Crippen molar-refractivity contribution in [2.24, 2.45) is 0 Å². The van der Waals surface area contributed by atoms with Crippen LogP contribution in [0.5, 0.6) is 0 Å². The first-order valence-electron chi connectivity index (χ1n) is 7.47. The number of rotatable bonds is 7. The van der Waals surface area contributed by atoms with E-state index in [9.17, 15) is 4.79 Å². The second kappa shape index (κ2) is 8.64. The highest BCUT2D eigenvalue weighted by atomic mass is 16.3. The Balaban J connectivity index is 2.60. The van der Waals surface area contributed by atoms with E-state index in [1.54, 1.807) is 14.0 Å². The maximum Gasteiger partial charge on any atom is 0.321 e. The number of aliphatic hydroxyl groups excluding tert-OH is 1. The average molecular weight is 293 g/mol. The van der Waals surface area contributed by atoms with Crippen LogP contribution in [0, 0.1) is 0 Å². The quantitative estimate of drug-likeness (QED) is 0.724. The van der Waals surface area contributed by atoms with E-state index in [1.807, 2.05) is 24.3 Å². The molecule has 0 aliphatic rings. The minimum Gasteiger partial charge on any atom is -0.394 e. The Morgan fingerprint density at radius 3 is 2.43 bits per heavy atom. The summed E-state index contributed by atoms with van der Waals surface area (Å²) in [5.41, 5.74) is 1.95. The summed E-state index contributed by atoms with van der Waals surface area (Å²) in [6, 6.07) is 7.69. The highest BCUT2D eigenvalue weighted by molar-refractivity contribution is 5.89. The maximum atomic E-state index is 12.0. The molecule has 118 valence electrons. The first-order chi connectivity index (χ1) is 9.99. The number of nitrogens with one attached hydrogen (secondary N) is 2. The van der Waals surface area contributed by atoms with E-state index >= 15 is 0 Å². The van der Waals surface area contributed by atoms with Gasteiger partial charge in [0.15, 0.2) is 0 Å². The molecular formula is C16H27N3O2. The van der Waals surface area contributed by atoms with E-state index in [0.717, 1.165) is 18.7 Å². The normalized spacial score (nSPS) is 13.6. The number of amides is 2. The molecule has 1 aromatic carbocycles. The van der Waals surface area contributed by atoms with Crippen LogP contribution in [-0.4, -0.2) is 42.3 Å². The van der Waals surface area contributed by atoms with E-state index in [-0.39, 0.29) is 18.7 Å². The van der Waals surface area contributed by atoms with Crippen LogP contribution in [0.25, 0.3) is 0 Å². The highest BCUT2D eigenvalue weighted by Gasteiger charge is 2.14. The van der Waals surface area contributed by atoms with E-state index in [1.165, 1.54) is 10.5 Å². The van der Waals surface area contributed by atoms with Gasteiger partial charge in [0, 0.05) is 18.8 Å². The molecule has 3 N–H and O–H groups in total. The number of likely N-dealkylation sites (N-methyl/N-ethyl adjacent to an activating group) is 1. The lowest BCUT2D eigenvalue weighted by molar-refractivity contribution is 0.166. The van der Waals surface area contributed by atoms with Crippen LogP contribution in [0.4, 0.5) is 10.5 Å². The summed E-state index contributed by atoms with van der Waals surface area (Å²) in [6.45, 7) is 7.00. The molecule has 0 aliphatic carbocycles. The number of urea groups is 1. The third-order valence-corrected chi connectivity index (χ3v) is 3.61. The first-order valence-corrected chi connectivity index (χ1v) is 7.47. The molecule has 0 radical (unpaired) electrons. The van der Waals surface area contributed by atoms with Crippen molar-refractivity contribution in [3.8, 4) is 0 Å². The Labute approximate surface area is 127 Å². The molecule has 21 heavy (non-hydrogen) atoms. The lowest BCUT2D eigenvalue weighted by atomic mass is 10.1. The van der Waals surface area contributed by atoms with Crippen molar-refractivity contribution in [2.45, 2.75) is 39.3 Å². The maximum absolute atomic E-state index is 12.0. The van der Waals surface area contributed by atoms with Crippen molar-refractivity contribution in [1.29, 1.82) is 0 Å². The van der Waals surface area contributed by atoms with Gasteiger partial charge in [0.2, 0.25) is 0 Å². The zero-order valence-electron chi connectivity index (χ0n) is 13.4. The molecule has 5 nitrogen and oxygen atoms in total. The number of nitrogens with zero attached hydrogens (tertiary/aromatic N) is 1. The smallest absolute Gasteiger partial charge is 0.321 e. The number of carbonyl (C=O) groups excluding carboxylic acids is 1. The van der Waals surface area contributed by atoms with Crippen molar-refractivity contribution in [3.63, 3.8) is 0 Å². The van der Waals surface area contributed by atoms with Gasteiger partial charge in [0.25, 0.3) is 0 Å². The predicted molar refractivity (Wildman–Crippen MR) is 86.5 cm³/mol. The third-order valence-electron chi connectivity index (χ3n) is 3.61. The van der Waals surface area contributed by atoms with Crippen molar-refractivity contribution >= 4 is 11.7 Å². The van der Waals surface area contributed by atoms with E-state index < -0.39 is 0 Å². The Morgan fingerprint density at radius 1 is 1.29 bits per heavy atom. The van der Waals surface area contributed by atoms with Crippen LogP contribution < -0.4 is 10.6 Å². The van der Waals surface area contributed by atoms with Gasteiger partial charge in [-0.25, -0.2) is 4.79 Å². The third kappa shape index (κ3) is 5.36. The van der Waals surface area contributed by atoms with Gasteiger partial charge >= 0.3 is 6.03 Å². The summed E-state index contributed by atoms with van der Waals surface area (Å²) < 4.78 is 0. The van der Waals surface area contributed by atoms with Crippen molar-refractivity contribution in [1.82, 2.24) is 10.2 Å². The van der Waals surface area contributed by atoms with Gasteiger partial charge in [-0.2, -0.15) is 0 Å². The van der Waals surface area contributed by atoms with E-state index in [0.29, 0.717) is 6.04 Å². The lowest BCUT2D eigenvalue weighted by Crippen LogP contribution is -2.40. The molecule has 0 heterocycles. The number of aliphatic hydroxyl groups is 1. The number of carbonyl (C=O) groups is 1. The van der Waals surface area contributed by atoms with Crippen LogP contribution >= 0.6 is 0 Å². The van der Waals surface area contributed by atoms with Gasteiger partial charge < -0.3 is 20.6 Å². The molecule has 2 amide bonds. The first kappa shape index (κ1) is 17.5. The molecule has 1 aromatic rings. The van der Waals surface area contributed by atoms with Gasteiger partial charge in [-0.3, -0.25) is 0 Å². The van der Waals surface area contributed by atoms with Gasteiger partial charge in [-0.15, -0.1) is 0 Å². The standard InChI is InChI=1S/C16H27N3O2/c1-5-10-17-13(3)14-6-8-15(9-7-14)18-16(21)19(4)12(2)11-20/h6-9,12-13,17,20H,5,10-11H2,1-4H3,(H,18,21). The summed E-state index contributed by atoms with van der Waals surface area (Å²) in [6.07, 6.45) is 1.11. The summed E-state index contributed by atoms with van der Waals surface area (Å²) in [5.74, 6) is 0. The van der Waals surface area contributed by atoms with E-state index in [4.69, 9.17) is 5.11 Å². The Bertz CT molecular complexity index is 434. The Morgan fingerprint density at radius 2 is 1.90 bits per heavy atom. The Kier molecular flexibility index (Phi) is 7.19. The zero-order chi connectivity index (χ0) is 15.8. The summed E-state index contributed by atoms with van der Waals surface area (Å²) >= 11 is 0. The van der Waals surface area contributed by atoms with Gasteiger partial charge in [-0.05, 0) is 44.5 Å². The highest BCUT2D eigenvalue weighted by Crippen LogP contribution is 2.16. The fourth-order valence-electron chi connectivity index (χ4n) is 1.87. The minimum atomic E-state index is -0.221. The molecule has 2 atom stereocenters. The second-order valence-corrected chi connectivity index (χ2v) is 5.37.